The zero-order valence-electron chi connectivity index (χ0n) is 3.02. The van der Waals surface area contributed by atoms with Crippen LogP contribution in [0.25, 0.3) is 0 Å². The van der Waals surface area contributed by atoms with Crippen LogP contribution >= 0.6 is 46.7 Å². The van der Waals surface area contributed by atoms with Gasteiger partial charge in [0.1, 0.15) is 2.65 Å². The monoisotopic (exact) mass is 324 g/mol. The summed E-state index contributed by atoms with van der Waals surface area (Å²) in [6.45, 7) is 0. The quantitative estimate of drug-likeness (QED) is 0.304. The van der Waals surface area contributed by atoms with Gasteiger partial charge in [-0.1, -0.05) is 0 Å². The SMILES string of the molecule is O=P([O-])(I)I.[Li+]. The molecular formula is I2LiO2P. The van der Waals surface area contributed by atoms with Crippen molar-refractivity contribution in [2.75, 3.05) is 0 Å². The molecule has 0 aliphatic heterocycles. The summed E-state index contributed by atoms with van der Waals surface area (Å²) in [6, 6.07) is 0. The molecule has 0 N–H and O–H groups in total. The van der Waals surface area contributed by atoms with Crippen LogP contribution in [0.3, 0.4) is 0 Å². The Balaban J connectivity index is 0. The molecule has 0 spiro atoms. The van der Waals surface area contributed by atoms with Gasteiger partial charge in [-0.05, 0) is 44.1 Å². The van der Waals surface area contributed by atoms with Gasteiger partial charge in [-0.25, -0.2) is 0 Å². The van der Waals surface area contributed by atoms with E-state index in [0.717, 1.165) is 0 Å². The van der Waals surface area contributed by atoms with Crippen molar-refractivity contribution in [2.45, 2.75) is 0 Å². The van der Waals surface area contributed by atoms with Crippen LogP contribution in [0.1, 0.15) is 0 Å². The van der Waals surface area contributed by atoms with E-state index in [1.54, 1.807) is 0 Å². The van der Waals surface area contributed by atoms with Crippen LogP contribution in [0.4, 0.5) is 0 Å². The Bertz CT molecular complexity index is 57.7. The predicted octanol–water partition coefficient (Wildman–Crippen LogP) is -1.67. The Labute approximate surface area is 74.1 Å². The molecule has 0 rings (SSSR count). The minimum Gasteiger partial charge on any atom is -0.784 e. The van der Waals surface area contributed by atoms with Crippen LogP contribution < -0.4 is 23.8 Å². The molecular weight excluding hydrogens is 324 g/mol. The first kappa shape index (κ1) is 11.1. The smallest absolute Gasteiger partial charge is 0.784 e. The summed E-state index contributed by atoms with van der Waals surface area (Å²) in [5, 5.41) is 0. The van der Waals surface area contributed by atoms with Crippen molar-refractivity contribution >= 4 is 46.7 Å². The minimum atomic E-state index is -2.95. The Morgan fingerprint density at radius 1 is 1.50 bits per heavy atom. The van der Waals surface area contributed by atoms with Crippen LogP contribution in [0.5, 0.6) is 0 Å². The molecule has 0 unspecified atom stereocenters. The molecule has 0 saturated carbocycles. The van der Waals surface area contributed by atoms with E-state index in [1.165, 1.54) is 44.1 Å². The molecule has 0 aromatic carbocycles. The average molecular weight is 324 g/mol. The molecule has 0 heterocycles. The van der Waals surface area contributed by atoms with Crippen molar-refractivity contribution in [3.8, 4) is 0 Å². The van der Waals surface area contributed by atoms with Gasteiger partial charge in [-0.2, -0.15) is 0 Å². The summed E-state index contributed by atoms with van der Waals surface area (Å²) in [4.78, 5) is 9.63. The van der Waals surface area contributed by atoms with Gasteiger partial charge in [0.05, 0.1) is 0 Å². The van der Waals surface area contributed by atoms with Gasteiger partial charge in [0.2, 0.25) is 0 Å². The van der Waals surface area contributed by atoms with E-state index < -0.39 is 2.65 Å². The van der Waals surface area contributed by atoms with Crippen molar-refractivity contribution in [3.05, 3.63) is 0 Å². The standard InChI is InChI=1S/HI2O2P.Li/c1-5(2,3)4;/h(H,3,4);/q;+1/p-1. The maximum atomic E-state index is 9.63. The fourth-order valence-corrected chi connectivity index (χ4v) is 0. The second-order valence-corrected chi connectivity index (χ2v) is 14.4. The largest absolute Gasteiger partial charge is 1.00 e. The van der Waals surface area contributed by atoms with Crippen molar-refractivity contribution < 1.29 is 28.3 Å². The van der Waals surface area contributed by atoms with Crippen molar-refractivity contribution in [1.29, 1.82) is 0 Å². The maximum Gasteiger partial charge on any atom is 1.00 e. The summed E-state index contributed by atoms with van der Waals surface area (Å²) < 4.78 is 6.68. The molecule has 0 atom stereocenters. The van der Waals surface area contributed by atoms with Crippen LogP contribution in [-0.2, 0) is 4.57 Å². The summed E-state index contributed by atoms with van der Waals surface area (Å²) in [6.07, 6.45) is 0. The molecule has 0 amide bonds. The van der Waals surface area contributed by atoms with Crippen molar-refractivity contribution in [3.63, 3.8) is 0 Å². The summed E-state index contributed by atoms with van der Waals surface area (Å²) in [5.74, 6) is 0. The fourth-order valence-electron chi connectivity index (χ4n) is 0. The maximum absolute atomic E-state index is 9.63. The van der Waals surface area contributed by atoms with Gasteiger partial charge in [0, 0.05) is 0 Å². The fraction of sp³-hybridized carbons (Fsp3) is 0. The first-order valence-corrected chi connectivity index (χ1v) is 7.90. The second-order valence-electron chi connectivity index (χ2n) is 0.414. The van der Waals surface area contributed by atoms with Crippen LogP contribution in [0, 0.1) is 0 Å². The van der Waals surface area contributed by atoms with E-state index in [2.05, 4.69) is 0 Å². The van der Waals surface area contributed by atoms with Gasteiger partial charge in [0.25, 0.3) is 0 Å². The summed E-state index contributed by atoms with van der Waals surface area (Å²) in [5.41, 5.74) is 0. The molecule has 0 aliphatic rings. The van der Waals surface area contributed by atoms with E-state index in [1.807, 2.05) is 0 Å². The van der Waals surface area contributed by atoms with Crippen LogP contribution in [0.2, 0.25) is 0 Å². The molecule has 32 valence electrons. The second kappa shape index (κ2) is 4.16. The molecule has 2 nitrogen and oxygen atoms in total. The zero-order valence-corrected chi connectivity index (χ0v) is 8.23. The molecule has 0 aromatic heterocycles. The van der Waals surface area contributed by atoms with Gasteiger partial charge >= 0.3 is 18.9 Å². The van der Waals surface area contributed by atoms with Gasteiger partial charge in [-0.15, -0.1) is 0 Å². The molecule has 0 bridgehead atoms. The van der Waals surface area contributed by atoms with E-state index in [0.29, 0.717) is 0 Å². The van der Waals surface area contributed by atoms with Crippen LogP contribution in [-0.4, -0.2) is 0 Å². The average Bonchev–Trinajstić information content (AvgIpc) is 0.722. The third-order valence-electron chi connectivity index (χ3n) is 0. The predicted molar refractivity (Wildman–Crippen MR) is 35.6 cm³/mol. The van der Waals surface area contributed by atoms with E-state index in [4.69, 9.17) is 0 Å². The first-order valence-electron chi connectivity index (χ1n) is 0.703. The number of hydrogen-bond donors (Lipinski definition) is 0. The van der Waals surface area contributed by atoms with Gasteiger partial charge in [0.15, 0.2) is 0 Å². The Morgan fingerprint density at radius 3 is 1.50 bits per heavy atom. The Hall–Kier alpha value is 2.25. The zero-order chi connectivity index (χ0) is 4.50. The Morgan fingerprint density at radius 2 is 1.50 bits per heavy atom. The van der Waals surface area contributed by atoms with Crippen molar-refractivity contribution in [1.82, 2.24) is 0 Å². The summed E-state index contributed by atoms with van der Waals surface area (Å²) >= 11 is 2.73. The van der Waals surface area contributed by atoms with E-state index in [-0.39, 0.29) is 18.9 Å². The van der Waals surface area contributed by atoms with Gasteiger partial charge in [-0.3, -0.25) is 0 Å². The number of hydrogen-bond acceptors (Lipinski definition) is 2. The molecule has 0 saturated heterocycles. The molecule has 6 heavy (non-hydrogen) atoms. The normalized spacial score (nSPS) is 9.83. The van der Waals surface area contributed by atoms with Gasteiger partial charge < -0.3 is 9.46 Å². The first-order chi connectivity index (χ1) is 2.00. The third-order valence-corrected chi connectivity index (χ3v) is 0. The van der Waals surface area contributed by atoms with E-state index in [9.17, 15) is 9.46 Å². The molecule has 0 aliphatic carbocycles. The molecule has 6 heteroatoms. The van der Waals surface area contributed by atoms with Crippen molar-refractivity contribution in [2.24, 2.45) is 0 Å². The third kappa shape index (κ3) is 34.1. The number of halogens is 2. The molecule has 0 radical (unpaired) electrons. The molecule has 0 fully saturated rings. The molecule has 0 aromatic rings. The topological polar surface area (TPSA) is 40.1 Å². The van der Waals surface area contributed by atoms with E-state index >= 15 is 0 Å². The van der Waals surface area contributed by atoms with Crippen LogP contribution in [0.15, 0.2) is 0 Å². The summed E-state index contributed by atoms with van der Waals surface area (Å²) in [7, 11) is 0. The Kier molecular flexibility index (Phi) is 7.69. The number of rotatable bonds is 0. The minimum absolute atomic E-state index is 0.